The molecule has 0 spiro atoms. The van der Waals surface area contributed by atoms with Crippen molar-refractivity contribution >= 4 is 0 Å². The van der Waals surface area contributed by atoms with Crippen molar-refractivity contribution in [3.63, 3.8) is 0 Å². The molecule has 1 aliphatic heterocycles. The van der Waals surface area contributed by atoms with Gasteiger partial charge in [-0.15, -0.1) is 0 Å². The number of nitrogens with zero attached hydrogens (tertiary/aromatic N) is 1. The number of likely N-dealkylation sites (tertiary alicyclic amines) is 1. The van der Waals surface area contributed by atoms with E-state index in [0.717, 1.165) is 6.42 Å². The fourth-order valence-electron chi connectivity index (χ4n) is 1.87. The first-order chi connectivity index (χ1) is 5.93. The van der Waals surface area contributed by atoms with Gasteiger partial charge < -0.3 is 11.8 Å². The van der Waals surface area contributed by atoms with Crippen LogP contribution in [0.15, 0.2) is 0 Å². The first-order valence-electron chi connectivity index (χ1n) is 5.45. The standard InChI is InChI=1S/C11H22N.Li/c1-2-3-6-9-12-10-7-4-5-8-11-12;/h1-11H2;/q-1;+1. The molecule has 13 heavy (non-hydrogen) atoms. The van der Waals surface area contributed by atoms with Gasteiger partial charge in [0.1, 0.15) is 0 Å². The molecule has 0 aliphatic carbocycles. The molecule has 0 aromatic heterocycles. The molecule has 0 saturated carbocycles. The zero-order valence-corrected chi connectivity index (χ0v) is 9.23. The Labute approximate surface area is 95.4 Å². The average Bonchev–Trinajstić information content (AvgIpc) is 2.33. The minimum atomic E-state index is 0. The van der Waals surface area contributed by atoms with Crippen LogP contribution in [0.3, 0.4) is 0 Å². The summed E-state index contributed by atoms with van der Waals surface area (Å²) in [5.74, 6) is 0. The van der Waals surface area contributed by atoms with Gasteiger partial charge in [-0.25, -0.2) is 0 Å². The Morgan fingerprint density at radius 1 is 0.923 bits per heavy atom. The molecule has 1 fully saturated rings. The maximum Gasteiger partial charge on any atom is 1.00 e. The first kappa shape index (κ1) is 13.6. The largest absolute Gasteiger partial charge is 1.00 e. The van der Waals surface area contributed by atoms with E-state index in [1.165, 1.54) is 58.2 Å². The Balaban J connectivity index is 0.00000144. The minimum Gasteiger partial charge on any atom is -0.343 e. The van der Waals surface area contributed by atoms with Crippen molar-refractivity contribution in [2.24, 2.45) is 0 Å². The Bertz CT molecular complexity index is 98.3. The second kappa shape index (κ2) is 9.13. The van der Waals surface area contributed by atoms with Gasteiger partial charge in [0.05, 0.1) is 0 Å². The Morgan fingerprint density at radius 3 is 2.08 bits per heavy atom. The fourth-order valence-corrected chi connectivity index (χ4v) is 1.87. The predicted molar refractivity (Wildman–Crippen MR) is 54.1 cm³/mol. The second-order valence-corrected chi connectivity index (χ2v) is 3.82. The molecule has 0 aromatic carbocycles. The average molecular weight is 175 g/mol. The van der Waals surface area contributed by atoms with Gasteiger partial charge in [0, 0.05) is 0 Å². The third-order valence-corrected chi connectivity index (χ3v) is 2.67. The number of hydrogen-bond acceptors (Lipinski definition) is 1. The van der Waals surface area contributed by atoms with Crippen molar-refractivity contribution in [2.45, 2.75) is 44.9 Å². The Kier molecular flexibility index (Phi) is 9.52. The van der Waals surface area contributed by atoms with Gasteiger partial charge in [0.15, 0.2) is 0 Å². The summed E-state index contributed by atoms with van der Waals surface area (Å²) in [4.78, 5) is 2.63. The summed E-state index contributed by atoms with van der Waals surface area (Å²) < 4.78 is 0. The molecule has 0 atom stereocenters. The van der Waals surface area contributed by atoms with Crippen LogP contribution in [0.1, 0.15) is 44.9 Å². The van der Waals surface area contributed by atoms with Crippen molar-refractivity contribution in [3.05, 3.63) is 6.92 Å². The molecule has 1 heterocycles. The molecular formula is C11H22LiN. The van der Waals surface area contributed by atoms with Crippen molar-refractivity contribution in [1.82, 2.24) is 4.90 Å². The van der Waals surface area contributed by atoms with E-state index in [4.69, 9.17) is 0 Å². The van der Waals surface area contributed by atoms with Crippen LogP contribution in [0.5, 0.6) is 0 Å². The van der Waals surface area contributed by atoms with Crippen molar-refractivity contribution in [1.29, 1.82) is 0 Å². The maximum absolute atomic E-state index is 3.87. The van der Waals surface area contributed by atoms with Crippen LogP contribution in [-0.4, -0.2) is 24.5 Å². The van der Waals surface area contributed by atoms with Crippen molar-refractivity contribution < 1.29 is 18.9 Å². The first-order valence-corrected chi connectivity index (χ1v) is 5.45. The summed E-state index contributed by atoms with van der Waals surface area (Å²) in [6.45, 7) is 7.87. The van der Waals surface area contributed by atoms with Crippen LogP contribution in [0, 0.1) is 6.92 Å². The summed E-state index contributed by atoms with van der Waals surface area (Å²) in [5.41, 5.74) is 0. The van der Waals surface area contributed by atoms with E-state index < -0.39 is 0 Å². The summed E-state index contributed by atoms with van der Waals surface area (Å²) in [7, 11) is 0. The smallest absolute Gasteiger partial charge is 0.343 e. The fraction of sp³-hybridized carbons (Fsp3) is 0.909. The number of hydrogen-bond donors (Lipinski definition) is 0. The van der Waals surface area contributed by atoms with Gasteiger partial charge in [-0.1, -0.05) is 19.3 Å². The summed E-state index contributed by atoms with van der Waals surface area (Å²) in [6.07, 6.45) is 9.50. The van der Waals surface area contributed by atoms with E-state index in [2.05, 4.69) is 11.8 Å². The summed E-state index contributed by atoms with van der Waals surface area (Å²) >= 11 is 0. The van der Waals surface area contributed by atoms with Gasteiger partial charge in [0.25, 0.3) is 0 Å². The van der Waals surface area contributed by atoms with Crippen molar-refractivity contribution in [3.8, 4) is 0 Å². The molecule has 2 heteroatoms. The third-order valence-electron chi connectivity index (χ3n) is 2.67. The molecule has 1 rings (SSSR count). The van der Waals surface area contributed by atoms with Crippen LogP contribution < -0.4 is 18.9 Å². The SMILES string of the molecule is [CH2-]CCCCN1CCCCCC1.[Li+]. The summed E-state index contributed by atoms with van der Waals surface area (Å²) in [5, 5.41) is 0. The van der Waals surface area contributed by atoms with E-state index in [9.17, 15) is 0 Å². The van der Waals surface area contributed by atoms with E-state index in [1.54, 1.807) is 0 Å². The molecule has 1 nitrogen and oxygen atoms in total. The van der Waals surface area contributed by atoms with Gasteiger partial charge in [-0.2, -0.15) is 6.42 Å². The van der Waals surface area contributed by atoms with Crippen LogP contribution in [-0.2, 0) is 0 Å². The van der Waals surface area contributed by atoms with Crippen LogP contribution in [0.25, 0.3) is 0 Å². The normalized spacial score (nSPS) is 19.2. The molecule has 0 aromatic rings. The number of unbranched alkanes of at least 4 members (excludes halogenated alkanes) is 2. The molecule has 0 unspecified atom stereocenters. The molecule has 0 N–H and O–H groups in total. The van der Waals surface area contributed by atoms with E-state index in [-0.39, 0.29) is 18.9 Å². The van der Waals surface area contributed by atoms with Gasteiger partial charge in [0.2, 0.25) is 0 Å². The number of rotatable bonds is 4. The Hall–Kier alpha value is 0.557. The predicted octanol–water partition coefficient (Wildman–Crippen LogP) is -0.129. The molecule has 1 aliphatic rings. The minimum absolute atomic E-state index is 0. The topological polar surface area (TPSA) is 3.24 Å². The second-order valence-electron chi connectivity index (χ2n) is 3.82. The van der Waals surface area contributed by atoms with Crippen LogP contribution >= 0.6 is 0 Å². The van der Waals surface area contributed by atoms with Gasteiger partial charge in [-0.05, 0) is 38.9 Å². The third kappa shape index (κ3) is 6.60. The molecule has 1 saturated heterocycles. The van der Waals surface area contributed by atoms with E-state index >= 15 is 0 Å². The molecule has 0 bridgehead atoms. The molecule has 0 radical (unpaired) electrons. The molecular weight excluding hydrogens is 153 g/mol. The zero-order valence-electron chi connectivity index (χ0n) is 9.23. The quantitative estimate of drug-likeness (QED) is 0.327. The zero-order chi connectivity index (χ0) is 8.65. The van der Waals surface area contributed by atoms with Crippen molar-refractivity contribution in [2.75, 3.05) is 19.6 Å². The van der Waals surface area contributed by atoms with Gasteiger partial charge >= 0.3 is 18.9 Å². The van der Waals surface area contributed by atoms with Crippen LogP contribution in [0.2, 0.25) is 0 Å². The Morgan fingerprint density at radius 2 is 1.54 bits per heavy atom. The van der Waals surface area contributed by atoms with Gasteiger partial charge in [-0.3, -0.25) is 0 Å². The molecule has 72 valence electrons. The van der Waals surface area contributed by atoms with E-state index in [0.29, 0.717) is 0 Å². The molecule has 0 amide bonds. The van der Waals surface area contributed by atoms with E-state index in [1.807, 2.05) is 0 Å². The summed E-state index contributed by atoms with van der Waals surface area (Å²) in [6, 6.07) is 0. The maximum atomic E-state index is 3.87. The monoisotopic (exact) mass is 175 g/mol. The van der Waals surface area contributed by atoms with Crippen LogP contribution in [0.4, 0.5) is 0 Å².